The lowest BCUT2D eigenvalue weighted by Crippen LogP contribution is -2.29. The molecule has 1 aromatic rings. The van der Waals surface area contributed by atoms with Gasteiger partial charge in [-0.05, 0) is 33.4 Å². The van der Waals surface area contributed by atoms with Gasteiger partial charge in [0.15, 0.2) is 5.82 Å². The van der Waals surface area contributed by atoms with Crippen LogP contribution in [0.5, 0.6) is 0 Å². The zero-order valence-corrected chi connectivity index (χ0v) is 8.16. The maximum atomic E-state index is 5.17. The van der Waals surface area contributed by atoms with E-state index in [1.54, 1.807) is 0 Å². The summed E-state index contributed by atoms with van der Waals surface area (Å²) in [4.78, 5) is 6.55. The topological polar surface area (TPSA) is 42.2 Å². The quantitative estimate of drug-likeness (QED) is 0.659. The van der Waals surface area contributed by atoms with Crippen molar-refractivity contribution in [3.63, 3.8) is 0 Å². The van der Waals surface area contributed by atoms with Gasteiger partial charge in [-0.15, -0.1) is 0 Å². The van der Waals surface area contributed by atoms with Crippen LogP contribution in [-0.2, 0) is 0 Å². The molecule has 4 nitrogen and oxygen atoms in total. The fourth-order valence-corrected chi connectivity index (χ4v) is 1.84. The molecule has 1 aliphatic heterocycles. The first-order valence-corrected chi connectivity index (χ1v) is 4.78. The number of rotatable bonds is 1. The molecule has 0 bridgehead atoms. The summed E-state index contributed by atoms with van der Waals surface area (Å²) < 4.78 is 5.17. The largest absolute Gasteiger partial charge is 0.338 e. The molecule has 1 fully saturated rings. The molecule has 0 radical (unpaired) electrons. The van der Waals surface area contributed by atoms with Crippen molar-refractivity contribution in [2.45, 2.75) is 32.2 Å². The molecule has 0 aliphatic carbocycles. The van der Waals surface area contributed by atoms with Gasteiger partial charge >= 0.3 is 0 Å². The van der Waals surface area contributed by atoms with Gasteiger partial charge in [-0.3, -0.25) is 4.90 Å². The first kappa shape index (κ1) is 8.69. The molecule has 2 rings (SSSR count). The standard InChI is InChI=1S/C9H15N3O/c1-7-10-9(13-11-7)8-5-3-4-6-12(8)2/h8H,3-6H2,1-2H3/t8-/m1/s1. The molecule has 1 saturated heterocycles. The van der Waals surface area contributed by atoms with Crippen molar-refractivity contribution < 1.29 is 4.52 Å². The fraction of sp³-hybridized carbons (Fsp3) is 0.778. The van der Waals surface area contributed by atoms with E-state index < -0.39 is 0 Å². The Morgan fingerprint density at radius 1 is 1.46 bits per heavy atom. The highest BCUT2D eigenvalue weighted by Crippen LogP contribution is 2.27. The van der Waals surface area contributed by atoms with Crippen LogP contribution in [0.1, 0.15) is 37.0 Å². The minimum atomic E-state index is 0.343. The van der Waals surface area contributed by atoms with Gasteiger partial charge in [0.05, 0.1) is 6.04 Å². The van der Waals surface area contributed by atoms with Crippen LogP contribution in [0, 0.1) is 6.92 Å². The van der Waals surface area contributed by atoms with E-state index in [0.29, 0.717) is 6.04 Å². The second kappa shape index (κ2) is 3.46. The number of aromatic nitrogens is 2. The highest BCUT2D eigenvalue weighted by molar-refractivity contribution is 4.93. The fourth-order valence-electron chi connectivity index (χ4n) is 1.84. The summed E-state index contributed by atoms with van der Waals surface area (Å²) >= 11 is 0. The van der Waals surface area contributed by atoms with Gasteiger partial charge in [-0.25, -0.2) is 0 Å². The van der Waals surface area contributed by atoms with E-state index >= 15 is 0 Å². The molecule has 72 valence electrons. The van der Waals surface area contributed by atoms with E-state index in [9.17, 15) is 0 Å². The lowest BCUT2D eigenvalue weighted by molar-refractivity contribution is 0.150. The highest BCUT2D eigenvalue weighted by atomic mass is 16.5. The maximum absolute atomic E-state index is 5.17. The van der Waals surface area contributed by atoms with E-state index in [1.807, 2.05) is 6.92 Å². The molecule has 13 heavy (non-hydrogen) atoms. The minimum Gasteiger partial charge on any atom is -0.338 e. The predicted octanol–water partition coefficient (Wildman–Crippen LogP) is 1.53. The maximum Gasteiger partial charge on any atom is 0.243 e. The molecule has 0 saturated carbocycles. The monoisotopic (exact) mass is 181 g/mol. The SMILES string of the molecule is Cc1noc([C@H]2CCCCN2C)n1. The van der Waals surface area contributed by atoms with Gasteiger partial charge in [0.1, 0.15) is 0 Å². The van der Waals surface area contributed by atoms with Crippen LogP contribution in [-0.4, -0.2) is 28.6 Å². The average molecular weight is 181 g/mol. The number of hydrogen-bond donors (Lipinski definition) is 0. The number of hydrogen-bond acceptors (Lipinski definition) is 4. The van der Waals surface area contributed by atoms with E-state index in [1.165, 1.54) is 12.8 Å². The minimum absolute atomic E-state index is 0.343. The first-order chi connectivity index (χ1) is 6.27. The third kappa shape index (κ3) is 1.72. The van der Waals surface area contributed by atoms with Crippen molar-refractivity contribution >= 4 is 0 Å². The van der Waals surface area contributed by atoms with Crippen molar-refractivity contribution in [1.29, 1.82) is 0 Å². The van der Waals surface area contributed by atoms with Crippen molar-refractivity contribution in [2.24, 2.45) is 0 Å². The lowest BCUT2D eigenvalue weighted by Gasteiger charge is -2.29. The molecule has 1 atom stereocenters. The number of aryl methyl sites for hydroxylation is 1. The van der Waals surface area contributed by atoms with E-state index in [0.717, 1.165) is 24.7 Å². The average Bonchev–Trinajstić information content (AvgIpc) is 2.53. The number of piperidine rings is 1. The Labute approximate surface area is 77.9 Å². The van der Waals surface area contributed by atoms with Crippen LogP contribution in [0.3, 0.4) is 0 Å². The molecule has 0 spiro atoms. The van der Waals surface area contributed by atoms with Gasteiger partial charge in [-0.1, -0.05) is 11.6 Å². The molecular formula is C9H15N3O. The molecule has 0 aromatic carbocycles. The van der Waals surface area contributed by atoms with Gasteiger partial charge in [0, 0.05) is 0 Å². The van der Waals surface area contributed by atoms with Crippen LogP contribution < -0.4 is 0 Å². The van der Waals surface area contributed by atoms with Gasteiger partial charge in [-0.2, -0.15) is 4.98 Å². The van der Waals surface area contributed by atoms with Crippen LogP contribution in [0.2, 0.25) is 0 Å². The van der Waals surface area contributed by atoms with Gasteiger partial charge in [0.25, 0.3) is 0 Å². The van der Waals surface area contributed by atoms with Crippen LogP contribution in [0.15, 0.2) is 4.52 Å². The summed E-state index contributed by atoms with van der Waals surface area (Å²) in [5, 5.41) is 3.81. The molecule has 0 amide bonds. The van der Waals surface area contributed by atoms with Crippen molar-refractivity contribution in [2.75, 3.05) is 13.6 Å². The summed E-state index contributed by atoms with van der Waals surface area (Å²) in [6.45, 7) is 2.99. The molecule has 0 unspecified atom stereocenters. The predicted molar refractivity (Wildman–Crippen MR) is 48.3 cm³/mol. The van der Waals surface area contributed by atoms with Gasteiger partial charge in [0.2, 0.25) is 5.89 Å². The van der Waals surface area contributed by atoms with Crippen molar-refractivity contribution in [3.05, 3.63) is 11.7 Å². The third-order valence-corrected chi connectivity index (χ3v) is 2.60. The first-order valence-electron chi connectivity index (χ1n) is 4.78. The summed E-state index contributed by atoms with van der Waals surface area (Å²) in [6, 6.07) is 0.343. The summed E-state index contributed by atoms with van der Waals surface area (Å²) in [6.07, 6.45) is 3.68. The second-order valence-electron chi connectivity index (χ2n) is 3.67. The molecular weight excluding hydrogens is 166 g/mol. The Kier molecular flexibility index (Phi) is 2.31. The molecule has 1 aromatic heterocycles. The highest BCUT2D eigenvalue weighted by Gasteiger charge is 2.25. The van der Waals surface area contributed by atoms with Crippen molar-refractivity contribution in [1.82, 2.24) is 15.0 Å². The molecule has 4 heteroatoms. The number of likely N-dealkylation sites (tertiary alicyclic amines) is 1. The zero-order chi connectivity index (χ0) is 9.26. The Hall–Kier alpha value is -0.900. The Morgan fingerprint density at radius 3 is 2.92 bits per heavy atom. The Morgan fingerprint density at radius 2 is 2.31 bits per heavy atom. The molecule has 1 aliphatic rings. The lowest BCUT2D eigenvalue weighted by atomic mass is 10.0. The van der Waals surface area contributed by atoms with Crippen LogP contribution >= 0.6 is 0 Å². The smallest absolute Gasteiger partial charge is 0.243 e. The zero-order valence-electron chi connectivity index (χ0n) is 8.16. The summed E-state index contributed by atoms with van der Waals surface area (Å²) in [5.74, 6) is 1.51. The second-order valence-corrected chi connectivity index (χ2v) is 3.67. The third-order valence-electron chi connectivity index (χ3n) is 2.60. The van der Waals surface area contributed by atoms with Gasteiger partial charge < -0.3 is 4.52 Å². The Balaban J connectivity index is 2.14. The summed E-state index contributed by atoms with van der Waals surface area (Å²) in [7, 11) is 2.11. The van der Waals surface area contributed by atoms with Crippen LogP contribution in [0.25, 0.3) is 0 Å². The summed E-state index contributed by atoms with van der Waals surface area (Å²) in [5.41, 5.74) is 0. The van der Waals surface area contributed by atoms with E-state index in [-0.39, 0.29) is 0 Å². The normalized spacial score (nSPS) is 24.9. The number of nitrogens with zero attached hydrogens (tertiary/aromatic N) is 3. The molecule has 0 N–H and O–H groups in total. The Bertz CT molecular complexity index is 284. The van der Waals surface area contributed by atoms with Crippen LogP contribution in [0.4, 0.5) is 0 Å². The van der Waals surface area contributed by atoms with Crippen molar-refractivity contribution in [3.8, 4) is 0 Å². The van der Waals surface area contributed by atoms with E-state index in [2.05, 4.69) is 22.1 Å². The van der Waals surface area contributed by atoms with E-state index in [4.69, 9.17) is 4.52 Å². The molecule has 2 heterocycles.